The molecule has 3 heterocycles. The number of aromatic nitrogens is 3. The maximum absolute atomic E-state index is 12.6. The highest BCUT2D eigenvalue weighted by molar-refractivity contribution is 7.08. The number of thiophene rings is 1. The Hall–Kier alpha value is -3.13. The van der Waals surface area contributed by atoms with Crippen LogP contribution >= 0.6 is 11.3 Å². The summed E-state index contributed by atoms with van der Waals surface area (Å²) in [6.07, 6.45) is 0. The predicted molar refractivity (Wildman–Crippen MR) is 108 cm³/mol. The van der Waals surface area contributed by atoms with Gasteiger partial charge in [-0.25, -0.2) is 4.79 Å². The summed E-state index contributed by atoms with van der Waals surface area (Å²) < 4.78 is 8.46. The van der Waals surface area contributed by atoms with E-state index >= 15 is 0 Å². The number of hydrogen-bond donors (Lipinski definition) is 1. The Bertz CT molecular complexity index is 1170. The van der Waals surface area contributed by atoms with Gasteiger partial charge in [-0.1, -0.05) is 12.1 Å². The Morgan fingerprint density at radius 2 is 2.11 bits per heavy atom. The van der Waals surface area contributed by atoms with Gasteiger partial charge >= 0.3 is 5.76 Å². The summed E-state index contributed by atoms with van der Waals surface area (Å²) in [5.41, 5.74) is 4.12. The summed E-state index contributed by atoms with van der Waals surface area (Å²) in [5.74, 6) is -0.792. The summed E-state index contributed by atoms with van der Waals surface area (Å²) >= 11 is 1.60. The van der Waals surface area contributed by atoms with Crippen molar-refractivity contribution in [1.29, 1.82) is 0 Å². The van der Waals surface area contributed by atoms with Gasteiger partial charge in [0.1, 0.15) is 6.54 Å². The van der Waals surface area contributed by atoms with Crippen LogP contribution < -0.4 is 11.1 Å². The van der Waals surface area contributed by atoms with Crippen LogP contribution in [-0.4, -0.2) is 26.8 Å². The van der Waals surface area contributed by atoms with Crippen LogP contribution in [0.4, 0.5) is 0 Å². The number of nitrogens with one attached hydrogen (secondary N) is 1. The summed E-state index contributed by atoms with van der Waals surface area (Å²) in [5, 5.41) is 11.6. The standard InChI is InChI=1S/C20H20N4O3S/c1-13-9-14(2)24(22-13)17(15-7-8-28-12-15)10-21-19(25)11-23-16-5-3-4-6-18(16)27-20(23)26/h3-9,12,17H,10-11H2,1-2H3,(H,21,25). The van der Waals surface area contributed by atoms with Crippen molar-refractivity contribution in [2.45, 2.75) is 26.4 Å². The number of aryl methyl sites for hydroxylation is 2. The third-order valence-electron chi connectivity index (χ3n) is 4.64. The van der Waals surface area contributed by atoms with Gasteiger partial charge in [0, 0.05) is 12.2 Å². The minimum atomic E-state index is -0.538. The molecule has 8 heteroatoms. The number of amides is 1. The van der Waals surface area contributed by atoms with Crippen LogP contribution in [0.25, 0.3) is 11.1 Å². The van der Waals surface area contributed by atoms with Gasteiger partial charge in [0.2, 0.25) is 5.91 Å². The van der Waals surface area contributed by atoms with Crippen LogP contribution in [0.2, 0.25) is 0 Å². The van der Waals surface area contributed by atoms with Crippen molar-refractivity contribution in [3.05, 3.63) is 74.7 Å². The van der Waals surface area contributed by atoms with E-state index < -0.39 is 5.76 Å². The molecule has 0 aliphatic rings. The van der Waals surface area contributed by atoms with Gasteiger partial charge in [-0.2, -0.15) is 16.4 Å². The summed E-state index contributed by atoms with van der Waals surface area (Å²) in [4.78, 5) is 24.6. The predicted octanol–water partition coefficient (Wildman–Crippen LogP) is 2.88. The summed E-state index contributed by atoms with van der Waals surface area (Å²) in [7, 11) is 0. The normalized spacial score (nSPS) is 12.4. The second kappa shape index (κ2) is 7.47. The molecule has 7 nitrogen and oxygen atoms in total. The molecule has 4 rings (SSSR count). The molecule has 0 aliphatic carbocycles. The van der Waals surface area contributed by atoms with Gasteiger partial charge in [0.15, 0.2) is 5.58 Å². The Morgan fingerprint density at radius 3 is 2.82 bits per heavy atom. The highest BCUT2D eigenvalue weighted by atomic mass is 32.1. The first-order chi connectivity index (χ1) is 13.5. The number of carbonyl (C=O) groups is 1. The van der Waals surface area contributed by atoms with Crippen LogP contribution in [0, 0.1) is 13.8 Å². The lowest BCUT2D eigenvalue weighted by Crippen LogP contribution is -2.35. The number of carbonyl (C=O) groups excluding carboxylic acids is 1. The maximum atomic E-state index is 12.6. The SMILES string of the molecule is Cc1cc(C)n(C(CNC(=O)Cn2c(=O)oc3ccccc32)c2ccsc2)n1. The van der Waals surface area contributed by atoms with Crippen LogP contribution in [0.1, 0.15) is 23.0 Å². The molecule has 0 spiro atoms. The Labute approximate surface area is 165 Å². The zero-order chi connectivity index (χ0) is 19.7. The van der Waals surface area contributed by atoms with E-state index in [4.69, 9.17) is 4.42 Å². The van der Waals surface area contributed by atoms with E-state index in [1.807, 2.05) is 36.0 Å². The number of benzene rings is 1. The van der Waals surface area contributed by atoms with Crippen molar-refractivity contribution in [3.63, 3.8) is 0 Å². The van der Waals surface area contributed by atoms with E-state index in [2.05, 4.69) is 15.8 Å². The van der Waals surface area contributed by atoms with E-state index in [-0.39, 0.29) is 18.5 Å². The van der Waals surface area contributed by atoms with Crippen molar-refractivity contribution in [2.75, 3.05) is 6.54 Å². The van der Waals surface area contributed by atoms with Gasteiger partial charge in [-0.05, 0) is 54.4 Å². The molecular formula is C20H20N4O3S. The Morgan fingerprint density at radius 1 is 1.29 bits per heavy atom. The highest BCUT2D eigenvalue weighted by Crippen LogP contribution is 2.22. The van der Waals surface area contributed by atoms with Crippen molar-refractivity contribution < 1.29 is 9.21 Å². The smallest absolute Gasteiger partial charge is 0.408 e. The third kappa shape index (κ3) is 3.50. The fourth-order valence-corrected chi connectivity index (χ4v) is 4.05. The zero-order valence-corrected chi connectivity index (χ0v) is 16.4. The average Bonchev–Trinajstić information content (AvgIpc) is 3.37. The van der Waals surface area contributed by atoms with Gasteiger partial charge in [-0.15, -0.1) is 0 Å². The molecule has 1 N–H and O–H groups in total. The van der Waals surface area contributed by atoms with E-state index in [1.54, 1.807) is 35.6 Å². The van der Waals surface area contributed by atoms with Gasteiger partial charge in [-0.3, -0.25) is 14.0 Å². The maximum Gasteiger partial charge on any atom is 0.420 e. The van der Waals surface area contributed by atoms with E-state index in [0.717, 1.165) is 17.0 Å². The molecule has 1 unspecified atom stereocenters. The molecule has 0 radical (unpaired) electrons. The molecule has 1 amide bonds. The first kappa shape index (κ1) is 18.2. The van der Waals surface area contributed by atoms with E-state index in [0.29, 0.717) is 17.6 Å². The molecule has 28 heavy (non-hydrogen) atoms. The second-order valence-electron chi connectivity index (χ2n) is 6.67. The van der Waals surface area contributed by atoms with E-state index in [9.17, 15) is 9.59 Å². The molecular weight excluding hydrogens is 376 g/mol. The minimum absolute atomic E-state index is 0.0939. The van der Waals surface area contributed by atoms with Crippen LogP contribution in [0.3, 0.4) is 0 Å². The zero-order valence-electron chi connectivity index (χ0n) is 15.6. The average molecular weight is 396 g/mol. The molecule has 3 aromatic heterocycles. The van der Waals surface area contributed by atoms with Gasteiger partial charge < -0.3 is 9.73 Å². The van der Waals surface area contributed by atoms with Crippen LogP contribution in [0.15, 0.2) is 56.4 Å². The Kier molecular flexibility index (Phi) is 4.87. The van der Waals surface area contributed by atoms with Crippen LogP contribution in [0.5, 0.6) is 0 Å². The lowest BCUT2D eigenvalue weighted by atomic mass is 10.1. The molecule has 0 bridgehead atoms. The van der Waals surface area contributed by atoms with Crippen molar-refractivity contribution in [1.82, 2.24) is 19.7 Å². The molecule has 1 aromatic carbocycles. The van der Waals surface area contributed by atoms with Gasteiger partial charge in [0.25, 0.3) is 0 Å². The number of oxazole rings is 1. The molecule has 0 aliphatic heterocycles. The molecule has 0 fully saturated rings. The fraction of sp³-hybridized carbons (Fsp3) is 0.250. The summed E-state index contributed by atoms with van der Waals surface area (Å²) in [6.45, 7) is 4.23. The van der Waals surface area contributed by atoms with Crippen LogP contribution in [-0.2, 0) is 11.3 Å². The summed E-state index contributed by atoms with van der Waals surface area (Å²) in [6, 6.07) is 11.0. The quantitative estimate of drug-likeness (QED) is 0.543. The number of para-hydroxylation sites is 2. The lowest BCUT2D eigenvalue weighted by Gasteiger charge is -2.19. The number of rotatable bonds is 6. The highest BCUT2D eigenvalue weighted by Gasteiger charge is 2.19. The largest absolute Gasteiger partial charge is 0.420 e. The van der Waals surface area contributed by atoms with Crippen molar-refractivity contribution in [2.24, 2.45) is 0 Å². The van der Waals surface area contributed by atoms with Crippen molar-refractivity contribution >= 4 is 28.3 Å². The molecule has 4 aromatic rings. The number of hydrogen-bond acceptors (Lipinski definition) is 5. The first-order valence-corrected chi connectivity index (χ1v) is 9.87. The minimum Gasteiger partial charge on any atom is -0.408 e. The molecule has 144 valence electrons. The Balaban J connectivity index is 1.52. The number of nitrogens with zero attached hydrogens (tertiary/aromatic N) is 3. The topological polar surface area (TPSA) is 82.1 Å². The number of fused-ring (bicyclic) bond motifs is 1. The third-order valence-corrected chi connectivity index (χ3v) is 5.34. The van der Waals surface area contributed by atoms with Gasteiger partial charge in [0.05, 0.1) is 17.3 Å². The lowest BCUT2D eigenvalue weighted by molar-refractivity contribution is -0.121. The van der Waals surface area contributed by atoms with Crippen molar-refractivity contribution in [3.8, 4) is 0 Å². The molecule has 0 saturated heterocycles. The van der Waals surface area contributed by atoms with E-state index in [1.165, 1.54) is 4.57 Å². The first-order valence-electron chi connectivity index (χ1n) is 8.93. The molecule has 0 saturated carbocycles. The molecule has 1 atom stereocenters. The monoisotopic (exact) mass is 396 g/mol. The fourth-order valence-electron chi connectivity index (χ4n) is 3.35. The second-order valence-corrected chi connectivity index (χ2v) is 7.45.